The van der Waals surface area contributed by atoms with E-state index in [1.807, 2.05) is 31.2 Å². The number of nitrogens with zero attached hydrogens (tertiary/aromatic N) is 1. The molecule has 0 spiro atoms. The Morgan fingerprint density at radius 2 is 2.15 bits per heavy atom. The van der Waals surface area contributed by atoms with Crippen LogP contribution in [0.5, 0.6) is 0 Å². The Bertz CT molecular complexity index is 822. The lowest BCUT2D eigenvalue weighted by Gasteiger charge is -2.17. The zero-order chi connectivity index (χ0) is 18.5. The van der Waals surface area contributed by atoms with Crippen molar-refractivity contribution in [1.29, 1.82) is 0 Å². The Hall–Kier alpha value is -2.73. The lowest BCUT2D eigenvalue weighted by Crippen LogP contribution is -2.24. The second-order valence-electron chi connectivity index (χ2n) is 6.20. The summed E-state index contributed by atoms with van der Waals surface area (Å²) in [5.74, 6) is -0.970. The number of para-hydroxylation sites is 1. The van der Waals surface area contributed by atoms with Crippen LogP contribution in [0, 0.1) is 5.82 Å². The number of aliphatic imine (C=N–C) groups is 1. The van der Waals surface area contributed by atoms with E-state index in [1.165, 1.54) is 6.07 Å². The van der Waals surface area contributed by atoms with Crippen molar-refractivity contribution in [1.82, 2.24) is 0 Å². The lowest BCUT2D eigenvalue weighted by molar-refractivity contribution is -0.115. The molecule has 2 N–H and O–H groups in total. The molecule has 6 heteroatoms. The average Bonchev–Trinajstić information content (AvgIpc) is 2.96. The number of carbonyl (C=O) groups excluding carboxylic acids is 1. The number of benzene rings is 2. The van der Waals surface area contributed by atoms with Crippen LogP contribution in [0.1, 0.15) is 24.8 Å². The molecule has 2 unspecified atom stereocenters. The molecule has 1 heterocycles. The van der Waals surface area contributed by atoms with E-state index < -0.39 is 5.92 Å². The number of anilines is 2. The number of rotatable bonds is 7. The fraction of sp³-hybridized carbons (Fsp3) is 0.300. The number of hydrogen-bond acceptors (Lipinski definition) is 4. The summed E-state index contributed by atoms with van der Waals surface area (Å²) in [4.78, 5) is 16.4. The van der Waals surface area contributed by atoms with Crippen molar-refractivity contribution in [2.45, 2.75) is 25.3 Å². The molecule has 0 aliphatic carbocycles. The molecule has 1 aliphatic rings. The molecular formula is C20H22FN3O2. The maximum atomic E-state index is 14.3. The first-order valence-corrected chi connectivity index (χ1v) is 8.61. The van der Waals surface area contributed by atoms with Crippen molar-refractivity contribution in [2.24, 2.45) is 4.99 Å². The van der Waals surface area contributed by atoms with Gasteiger partial charge in [-0.05, 0) is 30.2 Å². The minimum Gasteiger partial charge on any atom is -0.383 e. The highest BCUT2D eigenvalue weighted by Gasteiger charge is 2.28. The van der Waals surface area contributed by atoms with Gasteiger partial charge in [-0.3, -0.25) is 9.79 Å². The third-order valence-corrected chi connectivity index (χ3v) is 4.38. The Balaban J connectivity index is 1.74. The molecular weight excluding hydrogens is 333 g/mol. The molecule has 3 rings (SSSR count). The van der Waals surface area contributed by atoms with Gasteiger partial charge in [-0.1, -0.05) is 25.1 Å². The van der Waals surface area contributed by atoms with Gasteiger partial charge in [0.2, 0.25) is 5.91 Å². The predicted octanol–water partition coefficient (Wildman–Crippen LogP) is 4.10. The van der Waals surface area contributed by atoms with Crippen LogP contribution in [0.2, 0.25) is 0 Å². The number of methoxy groups -OCH3 is 1. The van der Waals surface area contributed by atoms with Gasteiger partial charge in [0.05, 0.1) is 18.0 Å². The quantitative estimate of drug-likeness (QED) is 0.735. The van der Waals surface area contributed by atoms with E-state index in [-0.39, 0.29) is 17.8 Å². The highest BCUT2D eigenvalue weighted by atomic mass is 19.1. The van der Waals surface area contributed by atoms with Crippen LogP contribution >= 0.6 is 0 Å². The first-order chi connectivity index (χ1) is 12.6. The first-order valence-electron chi connectivity index (χ1n) is 8.61. The number of fused-ring (bicyclic) bond motifs is 1. The molecule has 0 fully saturated rings. The van der Waals surface area contributed by atoms with Crippen molar-refractivity contribution >= 4 is 29.2 Å². The monoisotopic (exact) mass is 355 g/mol. The minimum atomic E-state index is -0.460. The van der Waals surface area contributed by atoms with E-state index in [0.29, 0.717) is 18.0 Å². The molecule has 0 saturated heterocycles. The summed E-state index contributed by atoms with van der Waals surface area (Å²) in [5, 5.41) is 5.94. The lowest BCUT2D eigenvalue weighted by atomic mass is 10.0. The van der Waals surface area contributed by atoms with Crippen molar-refractivity contribution in [2.75, 3.05) is 24.4 Å². The normalized spacial score (nSPS) is 17.2. The maximum Gasteiger partial charge on any atom is 0.237 e. The summed E-state index contributed by atoms with van der Waals surface area (Å²) in [6, 6.07) is 12.3. The smallest absolute Gasteiger partial charge is 0.237 e. The largest absolute Gasteiger partial charge is 0.383 e. The second kappa shape index (κ2) is 8.10. The van der Waals surface area contributed by atoms with E-state index in [4.69, 9.17) is 4.74 Å². The van der Waals surface area contributed by atoms with Crippen molar-refractivity contribution in [3.8, 4) is 0 Å². The highest BCUT2D eigenvalue weighted by Crippen LogP contribution is 2.31. The van der Waals surface area contributed by atoms with Gasteiger partial charge >= 0.3 is 0 Å². The summed E-state index contributed by atoms with van der Waals surface area (Å²) in [6.45, 7) is 2.52. The number of nitrogens with one attached hydrogen (secondary N) is 2. The van der Waals surface area contributed by atoms with Gasteiger partial charge < -0.3 is 15.4 Å². The summed E-state index contributed by atoms with van der Waals surface area (Å²) in [6.07, 6.45) is 2.38. The van der Waals surface area contributed by atoms with Gasteiger partial charge in [-0.25, -0.2) is 4.39 Å². The van der Waals surface area contributed by atoms with Crippen LogP contribution in [-0.2, 0) is 9.53 Å². The van der Waals surface area contributed by atoms with E-state index in [0.717, 1.165) is 17.7 Å². The van der Waals surface area contributed by atoms with E-state index in [1.54, 1.807) is 25.5 Å². The predicted molar refractivity (Wildman–Crippen MR) is 102 cm³/mol. The molecule has 1 amide bonds. The van der Waals surface area contributed by atoms with E-state index in [2.05, 4.69) is 15.6 Å². The molecule has 0 aromatic heterocycles. The molecule has 136 valence electrons. The molecule has 26 heavy (non-hydrogen) atoms. The van der Waals surface area contributed by atoms with Gasteiger partial charge in [0.1, 0.15) is 11.7 Å². The number of ether oxygens (including phenoxy) is 1. The van der Waals surface area contributed by atoms with Gasteiger partial charge in [0.25, 0.3) is 0 Å². The van der Waals surface area contributed by atoms with E-state index >= 15 is 0 Å². The van der Waals surface area contributed by atoms with Crippen LogP contribution in [0.4, 0.5) is 21.5 Å². The van der Waals surface area contributed by atoms with Crippen LogP contribution in [0.25, 0.3) is 0 Å². The zero-order valence-electron chi connectivity index (χ0n) is 14.8. The molecule has 0 bridgehead atoms. The van der Waals surface area contributed by atoms with Crippen LogP contribution < -0.4 is 10.6 Å². The third-order valence-electron chi connectivity index (χ3n) is 4.38. The molecule has 0 radical (unpaired) electrons. The van der Waals surface area contributed by atoms with Crippen LogP contribution in [0.3, 0.4) is 0 Å². The van der Waals surface area contributed by atoms with Gasteiger partial charge in [-0.2, -0.15) is 0 Å². The number of amides is 1. The average molecular weight is 355 g/mol. The van der Waals surface area contributed by atoms with Crippen molar-refractivity contribution in [3.05, 3.63) is 53.8 Å². The van der Waals surface area contributed by atoms with Crippen LogP contribution in [0.15, 0.2) is 47.5 Å². The fourth-order valence-corrected chi connectivity index (χ4v) is 2.93. The summed E-state index contributed by atoms with van der Waals surface area (Å²) >= 11 is 0. The minimum absolute atomic E-state index is 0.0440. The summed E-state index contributed by atoms with van der Waals surface area (Å²) < 4.78 is 19.5. The Morgan fingerprint density at radius 1 is 1.35 bits per heavy atom. The Labute approximate surface area is 152 Å². The standard InChI is InChI=1S/C20H22FN3O2/c1-3-13(12-26-2)23-19-9-8-14(10-17(19)21)22-11-16-15-6-4-5-7-18(15)24-20(16)25/h4-11,13,16,23H,3,12H2,1-2H3,(H,24,25). The van der Waals surface area contributed by atoms with Crippen molar-refractivity contribution < 1.29 is 13.9 Å². The molecule has 2 aromatic rings. The maximum absolute atomic E-state index is 14.3. The summed E-state index contributed by atoms with van der Waals surface area (Å²) in [5.41, 5.74) is 2.55. The molecule has 0 saturated carbocycles. The first kappa shape index (κ1) is 18.1. The molecule has 1 aliphatic heterocycles. The number of hydrogen-bond donors (Lipinski definition) is 2. The molecule has 2 atom stereocenters. The number of carbonyl (C=O) groups is 1. The zero-order valence-corrected chi connectivity index (χ0v) is 14.8. The SMILES string of the molecule is CCC(COC)Nc1ccc(N=CC2C(=O)Nc3ccccc32)cc1F. The highest BCUT2D eigenvalue weighted by molar-refractivity contribution is 6.12. The van der Waals surface area contributed by atoms with Gasteiger partial charge in [0, 0.05) is 31.1 Å². The van der Waals surface area contributed by atoms with Gasteiger partial charge in [0.15, 0.2) is 0 Å². The van der Waals surface area contributed by atoms with Crippen LogP contribution in [-0.4, -0.2) is 31.9 Å². The molecule has 5 nitrogen and oxygen atoms in total. The Morgan fingerprint density at radius 3 is 2.88 bits per heavy atom. The topological polar surface area (TPSA) is 62.7 Å². The Kier molecular flexibility index (Phi) is 5.63. The second-order valence-corrected chi connectivity index (χ2v) is 6.20. The van der Waals surface area contributed by atoms with Crippen molar-refractivity contribution in [3.63, 3.8) is 0 Å². The number of halogens is 1. The molecule has 2 aromatic carbocycles. The van der Waals surface area contributed by atoms with E-state index in [9.17, 15) is 9.18 Å². The third kappa shape index (κ3) is 3.91. The summed E-state index contributed by atoms with van der Waals surface area (Å²) in [7, 11) is 1.62. The fourth-order valence-electron chi connectivity index (χ4n) is 2.93. The van der Waals surface area contributed by atoms with Gasteiger partial charge in [-0.15, -0.1) is 0 Å².